The Hall–Kier alpha value is -0.910. The Bertz CT molecular complexity index is 367. The van der Waals surface area contributed by atoms with E-state index in [-0.39, 0.29) is 24.3 Å². The van der Waals surface area contributed by atoms with Crippen LogP contribution in [0.1, 0.15) is 47.5 Å². The number of hydrogen-bond donors (Lipinski definition) is 1. The van der Waals surface area contributed by atoms with Crippen molar-refractivity contribution in [2.75, 3.05) is 13.1 Å². The molecule has 1 heterocycles. The van der Waals surface area contributed by atoms with Gasteiger partial charge < -0.3 is 15.4 Å². The number of rotatable bonds is 3. The summed E-state index contributed by atoms with van der Waals surface area (Å²) in [4.78, 5) is 13.7. The van der Waals surface area contributed by atoms with Gasteiger partial charge in [0.25, 0.3) is 6.43 Å². The first-order chi connectivity index (χ1) is 9.42. The summed E-state index contributed by atoms with van der Waals surface area (Å²) < 4.78 is 31.1. The fraction of sp³-hybridized carbons (Fsp3) is 0.933. The number of carbonyl (C=O) groups excluding carboxylic acids is 1. The summed E-state index contributed by atoms with van der Waals surface area (Å²) in [5.74, 6) is 0.237. The quantitative estimate of drug-likeness (QED) is 0.871. The van der Waals surface area contributed by atoms with E-state index in [1.54, 1.807) is 4.90 Å². The molecule has 1 aliphatic heterocycles. The van der Waals surface area contributed by atoms with Crippen LogP contribution >= 0.6 is 0 Å². The second-order valence-electron chi connectivity index (χ2n) is 7.46. The number of amides is 1. The number of nitrogens with two attached hydrogens (primary N) is 1. The normalized spacial score (nSPS) is 26.6. The van der Waals surface area contributed by atoms with Crippen molar-refractivity contribution in [3.8, 4) is 0 Å². The second-order valence-corrected chi connectivity index (χ2v) is 7.46. The standard InChI is InChI=1S/C15H28F2N2O2/c1-10-9-19(13(20)21-14(2,3)4)7-6-11(10)8-15(5,18)12(16)17/h10-12H,6-9,18H2,1-5H3. The maximum atomic E-state index is 12.9. The van der Waals surface area contributed by atoms with Crippen LogP contribution in [0.5, 0.6) is 0 Å². The molecule has 0 aromatic carbocycles. The lowest BCUT2D eigenvalue weighted by molar-refractivity contribution is 0.00163. The third kappa shape index (κ3) is 5.41. The predicted octanol–water partition coefficient (Wildman–Crippen LogP) is 3.25. The van der Waals surface area contributed by atoms with E-state index >= 15 is 0 Å². The average molecular weight is 306 g/mol. The molecule has 1 aliphatic rings. The van der Waals surface area contributed by atoms with Gasteiger partial charge in [-0.05, 0) is 52.4 Å². The number of ether oxygens (including phenoxy) is 1. The molecule has 3 unspecified atom stereocenters. The Balaban J connectivity index is 2.57. The van der Waals surface area contributed by atoms with E-state index in [9.17, 15) is 13.6 Å². The highest BCUT2D eigenvalue weighted by atomic mass is 19.3. The number of likely N-dealkylation sites (tertiary alicyclic amines) is 1. The lowest BCUT2D eigenvalue weighted by Crippen LogP contribution is -2.50. The van der Waals surface area contributed by atoms with Gasteiger partial charge in [0.05, 0.1) is 5.54 Å². The smallest absolute Gasteiger partial charge is 0.410 e. The number of carbonyl (C=O) groups is 1. The SMILES string of the molecule is CC1CN(C(=O)OC(C)(C)C)CCC1CC(C)(N)C(F)F. The molecule has 0 aromatic heterocycles. The first-order valence-electron chi connectivity index (χ1n) is 7.47. The molecule has 0 aromatic rings. The Morgan fingerprint density at radius 2 is 1.95 bits per heavy atom. The van der Waals surface area contributed by atoms with Crippen LogP contribution in [0.25, 0.3) is 0 Å². The van der Waals surface area contributed by atoms with Gasteiger partial charge >= 0.3 is 6.09 Å². The molecule has 0 bridgehead atoms. The summed E-state index contributed by atoms with van der Waals surface area (Å²) in [5.41, 5.74) is 3.68. The molecule has 124 valence electrons. The maximum absolute atomic E-state index is 12.9. The molecule has 21 heavy (non-hydrogen) atoms. The largest absolute Gasteiger partial charge is 0.444 e. The van der Waals surface area contributed by atoms with E-state index < -0.39 is 17.6 Å². The molecular formula is C15H28F2N2O2. The van der Waals surface area contributed by atoms with Crippen molar-refractivity contribution in [3.05, 3.63) is 0 Å². The van der Waals surface area contributed by atoms with E-state index in [0.717, 1.165) is 0 Å². The van der Waals surface area contributed by atoms with Crippen molar-refractivity contribution in [3.63, 3.8) is 0 Å². The van der Waals surface area contributed by atoms with Crippen molar-refractivity contribution in [1.29, 1.82) is 0 Å². The summed E-state index contributed by atoms with van der Waals surface area (Å²) in [6.07, 6.45) is -1.92. The number of alkyl halides is 2. The van der Waals surface area contributed by atoms with Crippen LogP contribution in [0.2, 0.25) is 0 Å². The third-order valence-electron chi connectivity index (χ3n) is 3.94. The first-order valence-corrected chi connectivity index (χ1v) is 7.47. The van der Waals surface area contributed by atoms with E-state index in [1.165, 1.54) is 6.92 Å². The summed E-state index contributed by atoms with van der Waals surface area (Å²) in [7, 11) is 0. The van der Waals surface area contributed by atoms with Crippen LogP contribution in [0.15, 0.2) is 0 Å². The van der Waals surface area contributed by atoms with Crippen LogP contribution < -0.4 is 5.73 Å². The Morgan fingerprint density at radius 1 is 1.38 bits per heavy atom. The maximum Gasteiger partial charge on any atom is 0.410 e. The average Bonchev–Trinajstić information content (AvgIpc) is 2.29. The molecular weight excluding hydrogens is 278 g/mol. The molecule has 2 N–H and O–H groups in total. The molecule has 0 saturated carbocycles. The van der Waals surface area contributed by atoms with Crippen molar-refractivity contribution < 1.29 is 18.3 Å². The molecule has 6 heteroatoms. The van der Waals surface area contributed by atoms with Crippen molar-refractivity contribution in [2.24, 2.45) is 17.6 Å². The minimum atomic E-state index is -2.53. The predicted molar refractivity (Wildman–Crippen MR) is 78.3 cm³/mol. The Kier molecular flexibility index (Phi) is 5.58. The molecule has 1 amide bonds. The van der Waals surface area contributed by atoms with Gasteiger partial charge in [-0.15, -0.1) is 0 Å². The molecule has 3 atom stereocenters. The molecule has 1 saturated heterocycles. The van der Waals surface area contributed by atoms with Crippen molar-refractivity contribution >= 4 is 6.09 Å². The molecule has 0 spiro atoms. The van der Waals surface area contributed by atoms with Gasteiger partial charge in [-0.2, -0.15) is 0 Å². The van der Waals surface area contributed by atoms with Crippen LogP contribution in [0.4, 0.5) is 13.6 Å². The summed E-state index contributed by atoms with van der Waals surface area (Å²) >= 11 is 0. The number of halogens is 2. The summed E-state index contributed by atoms with van der Waals surface area (Å²) in [6.45, 7) is 9.90. The van der Waals surface area contributed by atoms with Gasteiger partial charge in [0.2, 0.25) is 0 Å². The monoisotopic (exact) mass is 306 g/mol. The van der Waals surface area contributed by atoms with E-state index in [4.69, 9.17) is 10.5 Å². The van der Waals surface area contributed by atoms with Gasteiger partial charge in [-0.3, -0.25) is 0 Å². The van der Waals surface area contributed by atoms with Crippen LogP contribution in [-0.4, -0.2) is 41.6 Å². The zero-order chi connectivity index (χ0) is 16.4. The fourth-order valence-corrected chi connectivity index (χ4v) is 2.64. The second kappa shape index (κ2) is 6.46. The number of piperidine rings is 1. The Morgan fingerprint density at radius 3 is 2.38 bits per heavy atom. The molecule has 1 fully saturated rings. The number of nitrogens with zero attached hydrogens (tertiary/aromatic N) is 1. The topological polar surface area (TPSA) is 55.6 Å². The lowest BCUT2D eigenvalue weighted by atomic mass is 9.78. The minimum Gasteiger partial charge on any atom is -0.444 e. The van der Waals surface area contributed by atoms with Crippen LogP contribution in [-0.2, 0) is 4.74 Å². The van der Waals surface area contributed by atoms with Gasteiger partial charge in [0, 0.05) is 13.1 Å². The zero-order valence-corrected chi connectivity index (χ0v) is 13.7. The van der Waals surface area contributed by atoms with E-state index in [1.807, 2.05) is 27.7 Å². The molecule has 0 aliphatic carbocycles. The highest BCUT2D eigenvalue weighted by molar-refractivity contribution is 5.68. The fourth-order valence-electron chi connectivity index (χ4n) is 2.64. The van der Waals surface area contributed by atoms with E-state index in [2.05, 4.69) is 0 Å². The first kappa shape index (κ1) is 18.1. The zero-order valence-electron chi connectivity index (χ0n) is 13.7. The van der Waals surface area contributed by atoms with Crippen molar-refractivity contribution in [1.82, 2.24) is 4.90 Å². The summed E-state index contributed by atoms with van der Waals surface area (Å²) in [6, 6.07) is 0. The number of hydrogen-bond acceptors (Lipinski definition) is 3. The van der Waals surface area contributed by atoms with Gasteiger partial charge in [-0.25, -0.2) is 13.6 Å². The Labute approximate surface area is 126 Å². The molecule has 1 rings (SSSR count). The minimum absolute atomic E-state index is 0.104. The lowest BCUT2D eigenvalue weighted by Gasteiger charge is -2.40. The van der Waals surface area contributed by atoms with Gasteiger partial charge in [-0.1, -0.05) is 6.92 Å². The molecule has 4 nitrogen and oxygen atoms in total. The van der Waals surface area contributed by atoms with Crippen LogP contribution in [0.3, 0.4) is 0 Å². The third-order valence-corrected chi connectivity index (χ3v) is 3.94. The highest BCUT2D eigenvalue weighted by Gasteiger charge is 2.38. The summed E-state index contributed by atoms with van der Waals surface area (Å²) in [5, 5.41) is 0. The van der Waals surface area contributed by atoms with Crippen LogP contribution in [0, 0.1) is 11.8 Å². The van der Waals surface area contributed by atoms with Gasteiger partial charge in [0.15, 0.2) is 0 Å². The molecule has 0 radical (unpaired) electrons. The van der Waals surface area contributed by atoms with Crippen molar-refractivity contribution in [2.45, 2.75) is 65.0 Å². The highest BCUT2D eigenvalue weighted by Crippen LogP contribution is 2.32. The van der Waals surface area contributed by atoms with Gasteiger partial charge in [0.1, 0.15) is 5.60 Å². The van der Waals surface area contributed by atoms with E-state index in [0.29, 0.717) is 19.5 Å².